The molecule has 31 heavy (non-hydrogen) atoms. The quantitative estimate of drug-likeness (QED) is 0.629. The Bertz CT molecular complexity index is 987. The molecule has 2 aromatic carbocycles. The standard InChI is InChI=1S/C23H29N5O3/c1-15(2)13-23(3)20(29)28(21(24)27-23)14-16-8-10-17(11-9-16)25-22(30)26-18-6-5-7-19(12-18)31-4/h5-12,15H,13-14H2,1-4H3,(H2,24,27)(H2,25,26,30). The van der Waals surface area contributed by atoms with Crippen LogP contribution in [0.15, 0.2) is 53.5 Å². The van der Waals surface area contributed by atoms with Gasteiger partial charge in [0.2, 0.25) is 0 Å². The van der Waals surface area contributed by atoms with Crippen molar-refractivity contribution in [2.24, 2.45) is 16.6 Å². The van der Waals surface area contributed by atoms with E-state index in [1.165, 1.54) is 4.90 Å². The van der Waals surface area contributed by atoms with Gasteiger partial charge in [-0.2, -0.15) is 0 Å². The number of ether oxygens (including phenoxy) is 1. The van der Waals surface area contributed by atoms with Crippen molar-refractivity contribution in [3.63, 3.8) is 0 Å². The van der Waals surface area contributed by atoms with Crippen LogP contribution in [0.25, 0.3) is 0 Å². The number of carbonyl (C=O) groups excluding carboxylic acids is 2. The maximum absolute atomic E-state index is 12.9. The number of aliphatic imine (C=N–C) groups is 1. The summed E-state index contributed by atoms with van der Waals surface area (Å²) in [6.45, 7) is 6.28. The molecule has 1 aliphatic heterocycles. The van der Waals surface area contributed by atoms with Gasteiger partial charge < -0.3 is 21.1 Å². The third-order valence-corrected chi connectivity index (χ3v) is 5.03. The number of benzene rings is 2. The van der Waals surface area contributed by atoms with Crippen LogP contribution in [-0.4, -0.2) is 35.4 Å². The van der Waals surface area contributed by atoms with Gasteiger partial charge in [0.1, 0.15) is 11.3 Å². The molecule has 3 amide bonds. The van der Waals surface area contributed by atoms with E-state index < -0.39 is 5.54 Å². The molecule has 0 bridgehead atoms. The number of anilines is 2. The monoisotopic (exact) mass is 423 g/mol. The number of methoxy groups -OCH3 is 1. The molecule has 3 rings (SSSR count). The number of hydrogen-bond acceptors (Lipinski definition) is 5. The summed E-state index contributed by atoms with van der Waals surface area (Å²) in [5.41, 5.74) is 7.37. The van der Waals surface area contributed by atoms with Crippen LogP contribution in [0.3, 0.4) is 0 Å². The second-order valence-corrected chi connectivity index (χ2v) is 8.24. The summed E-state index contributed by atoms with van der Waals surface area (Å²) in [5.74, 6) is 1.15. The Hall–Kier alpha value is -3.55. The van der Waals surface area contributed by atoms with Gasteiger partial charge in [-0.25, -0.2) is 9.79 Å². The molecule has 0 fully saturated rings. The maximum atomic E-state index is 12.9. The lowest BCUT2D eigenvalue weighted by atomic mass is 9.91. The molecule has 1 atom stereocenters. The predicted octanol–water partition coefficient (Wildman–Crippen LogP) is 3.80. The van der Waals surface area contributed by atoms with Gasteiger partial charge in [0.25, 0.3) is 5.91 Å². The minimum absolute atomic E-state index is 0.0847. The second-order valence-electron chi connectivity index (χ2n) is 8.24. The van der Waals surface area contributed by atoms with Crippen LogP contribution >= 0.6 is 0 Å². The van der Waals surface area contributed by atoms with Crippen molar-refractivity contribution in [3.05, 3.63) is 54.1 Å². The highest BCUT2D eigenvalue weighted by Gasteiger charge is 2.43. The fraction of sp³-hybridized carbons (Fsp3) is 0.348. The first kappa shape index (κ1) is 22.1. The molecule has 4 N–H and O–H groups in total. The lowest BCUT2D eigenvalue weighted by molar-refractivity contribution is -0.131. The van der Waals surface area contributed by atoms with E-state index in [1.54, 1.807) is 43.5 Å². The van der Waals surface area contributed by atoms with Crippen molar-refractivity contribution in [3.8, 4) is 5.75 Å². The van der Waals surface area contributed by atoms with E-state index >= 15 is 0 Å². The van der Waals surface area contributed by atoms with Gasteiger partial charge >= 0.3 is 6.03 Å². The zero-order valence-corrected chi connectivity index (χ0v) is 18.3. The predicted molar refractivity (Wildman–Crippen MR) is 122 cm³/mol. The molecule has 0 saturated carbocycles. The van der Waals surface area contributed by atoms with Gasteiger partial charge in [-0.1, -0.05) is 32.0 Å². The number of nitrogens with two attached hydrogens (primary N) is 1. The fourth-order valence-corrected chi connectivity index (χ4v) is 3.71. The first-order valence-electron chi connectivity index (χ1n) is 10.2. The topological polar surface area (TPSA) is 109 Å². The third kappa shape index (κ3) is 5.33. The van der Waals surface area contributed by atoms with Crippen molar-refractivity contribution in [2.75, 3.05) is 17.7 Å². The van der Waals surface area contributed by atoms with Crippen LogP contribution in [0.5, 0.6) is 5.75 Å². The van der Waals surface area contributed by atoms with Crippen LogP contribution < -0.4 is 21.1 Å². The number of hydrogen-bond donors (Lipinski definition) is 3. The van der Waals surface area contributed by atoms with Gasteiger partial charge in [-0.15, -0.1) is 0 Å². The Labute approximate surface area is 182 Å². The Morgan fingerprint density at radius 1 is 1.16 bits per heavy atom. The molecule has 8 heteroatoms. The van der Waals surface area contributed by atoms with Gasteiger partial charge in [0.15, 0.2) is 5.96 Å². The summed E-state index contributed by atoms with van der Waals surface area (Å²) in [4.78, 5) is 31.0. The smallest absolute Gasteiger partial charge is 0.323 e. The molecule has 1 unspecified atom stereocenters. The summed E-state index contributed by atoms with van der Waals surface area (Å²) in [7, 11) is 1.57. The highest BCUT2D eigenvalue weighted by molar-refractivity contribution is 6.06. The summed E-state index contributed by atoms with van der Waals surface area (Å²) in [6, 6.07) is 14.0. The van der Waals surface area contributed by atoms with Crippen LogP contribution in [0, 0.1) is 5.92 Å². The zero-order chi connectivity index (χ0) is 22.6. The molecule has 1 heterocycles. The molecular weight excluding hydrogens is 394 g/mol. The molecular formula is C23H29N5O3. The van der Waals surface area contributed by atoms with Gasteiger partial charge in [-0.3, -0.25) is 9.69 Å². The van der Waals surface area contributed by atoms with E-state index in [1.807, 2.05) is 19.1 Å². The summed E-state index contributed by atoms with van der Waals surface area (Å²) < 4.78 is 5.15. The largest absolute Gasteiger partial charge is 0.497 e. The molecule has 2 aromatic rings. The van der Waals surface area contributed by atoms with Crippen molar-refractivity contribution in [1.82, 2.24) is 4.90 Å². The van der Waals surface area contributed by atoms with Crippen molar-refractivity contribution in [1.29, 1.82) is 0 Å². The molecule has 164 valence electrons. The molecule has 0 saturated heterocycles. The van der Waals surface area contributed by atoms with E-state index in [0.717, 1.165) is 5.56 Å². The van der Waals surface area contributed by atoms with E-state index in [0.29, 0.717) is 36.0 Å². The summed E-state index contributed by atoms with van der Waals surface area (Å²) >= 11 is 0. The summed E-state index contributed by atoms with van der Waals surface area (Å²) in [5, 5.41) is 5.54. The van der Waals surface area contributed by atoms with E-state index in [-0.39, 0.29) is 17.9 Å². The van der Waals surface area contributed by atoms with Gasteiger partial charge in [-0.05, 0) is 49.1 Å². The third-order valence-electron chi connectivity index (χ3n) is 5.03. The molecule has 0 aromatic heterocycles. The number of urea groups is 1. The zero-order valence-electron chi connectivity index (χ0n) is 18.3. The van der Waals surface area contributed by atoms with Crippen LogP contribution in [0.2, 0.25) is 0 Å². The van der Waals surface area contributed by atoms with Crippen LogP contribution in [0.1, 0.15) is 32.8 Å². The SMILES string of the molecule is COc1cccc(NC(=O)Nc2ccc(CN3C(=O)C(C)(CC(C)C)N=C3N)cc2)c1. The first-order chi connectivity index (χ1) is 14.7. The molecule has 0 aliphatic carbocycles. The Balaban J connectivity index is 1.59. The maximum Gasteiger partial charge on any atom is 0.323 e. The van der Waals surface area contributed by atoms with Crippen LogP contribution in [-0.2, 0) is 11.3 Å². The average Bonchev–Trinajstić information content (AvgIpc) is 2.91. The first-order valence-corrected chi connectivity index (χ1v) is 10.2. The number of guanidine groups is 1. The fourth-order valence-electron chi connectivity index (χ4n) is 3.71. The number of amides is 3. The highest BCUT2D eigenvalue weighted by Crippen LogP contribution is 2.29. The van der Waals surface area contributed by atoms with Crippen molar-refractivity contribution in [2.45, 2.75) is 39.3 Å². The van der Waals surface area contributed by atoms with E-state index in [4.69, 9.17) is 10.5 Å². The number of nitrogens with one attached hydrogen (secondary N) is 2. The molecule has 8 nitrogen and oxygen atoms in total. The highest BCUT2D eigenvalue weighted by atomic mass is 16.5. The van der Waals surface area contributed by atoms with E-state index in [9.17, 15) is 9.59 Å². The number of carbonyl (C=O) groups is 2. The van der Waals surface area contributed by atoms with Crippen molar-refractivity contribution >= 4 is 29.3 Å². The Kier molecular flexibility index (Phi) is 6.48. The normalized spacial score (nSPS) is 18.2. The van der Waals surface area contributed by atoms with E-state index in [2.05, 4.69) is 29.5 Å². The van der Waals surface area contributed by atoms with Gasteiger partial charge in [0, 0.05) is 17.4 Å². The summed E-state index contributed by atoms with van der Waals surface area (Å²) in [6.07, 6.45) is 0.647. The van der Waals surface area contributed by atoms with Gasteiger partial charge in [0.05, 0.1) is 13.7 Å². The molecule has 1 aliphatic rings. The molecule has 0 radical (unpaired) electrons. The Morgan fingerprint density at radius 3 is 2.48 bits per heavy atom. The number of rotatable bonds is 7. The average molecular weight is 424 g/mol. The Morgan fingerprint density at radius 2 is 1.84 bits per heavy atom. The number of nitrogens with zero attached hydrogens (tertiary/aromatic N) is 2. The van der Waals surface area contributed by atoms with Crippen LogP contribution in [0.4, 0.5) is 16.2 Å². The minimum atomic E-state index is -0.808. The molecule has 0 spiro atoms. The lowest BCUT2D eigenvalue weighted by Gasteiger charge is -2.23. The lowest BCUT2D eigenvalue weighted by Crippen LogP contribution is -2.43. The van der Waals surface area contributed by atoms with Crippen molar-refractivity contribution < 1.29 is 14.3 Å². The second kappa shape index (κ2) is 9.07. The minimum Gasteiger partial charge on any atom is -0.497 e.